The first-order chi connectivity index (χ1) is 10.4. The summed E-state index contributed by atoms with van der Waals surface area (Å²) in [6.07, 6.45) is 0. The number of aromatic hydroxyl groups is 1. The number of hydrogen-bond donors (Lipinski definition) is 4. The van der Waals surface area contributed by atoms with Crippen LogP contribution < -0.4 is 15.8 Å². The molecule has 0 atom stereocenters. The molecule has 22 heavy (non-hydrogen) atoms. The molecule has 5 N–H and O–H groups in total. The zero-order valence-corrected chi connectivity index (χ0v) is 11.7. The zero-order valence-electron chi connectivity index (χ0n) is 11.7. The Labute approximate surface area is 125 Å². The zero-order chi connectivity index (χ0) is 16.3. The molecule has 0 saturated heterocycles. The second kappa shape index (κ2) is 6.04. The van der Waals surface area contributed by atoms with E-state index in [1.54, 1.807) is 0 Å². The molecule has 0 bridgehead atoms. The highest BCUT2D eigenvalue weighted by Crippen LogP contribution is 2.37. The first-order valence-corrected chi connectivity index (χ1v) is 6.28. The molecule has 7 nitrogen and oxygen atoms in total. The molecule has 2 aromatic rings. The highest BCUT2D eigenvalue weighted by molar-refractivity contribution is 5.94. The largest absolute Gasteiger partial charge is 0.506 e. The second-order valence-corrected chi connectivity index (χ2v) is 4.49. The molecule has 114 valence electrons. The van der Waals surface area contributed by atoms with E-state index in [-0.39, 0.29) is 34.2 Å². The molecular formula is C15H14N2O5. The van der Waals surface area contributed by atoms with Crippen LogP contribution in [-0.2, 0) is 4.79 Å². The van der Waals surface area contributed by atoms with Crippen molar-refractivity contribution in [2.75, 3.05) is 11.1 Å². The number of phenols is 1. The average Bonchev–Trinajstić information content (AvgIpc) is 2.44. The van der Waals surface area contributed by atoms with Gasteiger partial charge in [0.2, 0.25) is 5.91 Å². The number of amides is 1. The molecule has 7 heteroatoms. The van der Waals surface area contributed by atoms with Crippen molar-refractivity contribution in [1.29, 1.82) is 0 Å². The number of carbonyl (C=O) groups is 2. The molecule has 0 fully saturated rings. The molecule has 2 aromatic carbocycles. The third-order valence-corrected chi connectivity index (χ3v) is 2.76. The van der Waals surface area contributed by atoms with Crippen LogP contribution >= 0.6 is 0 Å². The van der Waals surface area contributed by atoms with E-state index in [1.165, 1.54) is 43.3 Å². The summed E-state index contributed by atoms with van der Waals surface area (Å²) in [4.78, 5) is 22.4. The van der Waals surface area contributed by atoms with Gasteiger partial charge < -0.3 is 26.0 Å². The Morgan fingerprint density at radius 3 is 2.55 bits per heavy atom. The number of rotatable bonds is 4. The fourth-order valence-electron chi connectivity index (χ4n) is 1.83. The number of nitrogen functional groups attached to an aromatic ring is 1. The van der Waals surface area contributed by atoms with Gasteiger partial charge in [-0.3, -0.25) is 4.79 Å². The van der Waals surface area contributed by atoms with Crippen LogP contribution in [0.3, 0.4) is 0 Å². The molecule has 0 heterocycles. The number of nitrogens with two attached hydrogens (primary N) is 1. The van der Waals surface area contributed by atoms with Crippen LogP contribution in [0.2, 0.25) is 0 Å². The number of nitrogens with one attached hydrogen (secondary N) is 1. The molecule has 0 saturated carbocycles. The summed E-state index contributed by atoms with van der Waals surface area (Å²) in [7, 11) is 0. The minimum atomic E-state index is -1.21. The van der Waals surface area contributed by atoms with E-state index in [4.69, 9.17) is 10.5 Å². The quantitative estimate of drug-likeness (QED) is 0.508. The predicted octanol–water partition coefficient (Wildman–Crippen LogP) is 2.42. The molecule has 0 aliphatic heterocycles. The van der Waals surface area contributed by atoms with Crippen molar-refractivity contribution in [3.63, 3.8) is 0 Å². The smallest absolute Gasteiger partial charge is 0.339 e. The number of para-hydroxylation sites is 1. The first kappa shape index (κ1) is 15.2. The number of benzene rings is 2. The van der Waals surface area contributed by atoms with Gasteiger partial charge in [-0.05, 0) is 30.3 Å². The molecule has 0 radical (unpaired) electrons. The van der Waals surface area contributed by atoms with E-state index in [0.29, 0.717) is 0 Å². The lowest BCUT2D eigenvalue weighted by Gasteiger charge is -2.14. The molecule has 0 spiro atoms. The Bertz CT molecular complexity index is 743. The minimum absolute atomic E-state index is 0.0407. The summed E-state index contributed by atoms with van der Waals surface area (Å²) in [5.41, 5.74) is 5.77. The summed E-state index contributed by atoms with van der Waals surface area (Å²) in [5, 5.41) is 21.4. The van der Waals surface area contributed by atoms with Crippen molar-refractivity contribution < 1.29 is 24.5 Å². The maximum atomic E-state index is 11.2. The normalized spacial score (nSPS) is 10.0. The van der Waals surface area contributed by atoms with Crippen molar-refractivity contribution in [3.8, 4) is 17.2 Å². The number of aromatic carboxylic acids is 1. The first-order valence-electron chi connectivity index (χ1n) is 6.28. The van der Waals surface area contributed by atoms with E-state index < -0.39 is 11.9 Å². The fourth-order valence-corrected chi connectivity index (χ4v) is 1.83. The highest BCUT2D eigenvalue weighted by atomic mass is 16.5. The van der Waals surface area contributed by atoms with Crippen molar-refractivity contribution >= 4 is 23.3 Å². The topological polar surface area (TPSA) is 122 Å². The maximum absolute atomic E-state index is 11.2. The van der Waals surface area contributed by atoms with Crippen LogP contribution in [0.4, 0.5) is 11.4 Å². The fraction of sp³-hybridized carbons (Fsp3) is 0.0667. The number of hydrogen-bond acceptors (Lipinski definition) is 5. The van der Waals surface area contributed by atoms with Gasteiger partial charge in [0.05, 0.1) is 0 Å². The van der Waals surface area contributed by atoms with Gasteiger partial charge in [-0.25, -0.2) is 4.79 Å². The molecule has 0 aliphatic carbocycles. The van der Waals surface area contributed by atoms with Crippen molar-refractivity contribution in [2.24, 2.45) is 0 Å². The summed E-state index contributed by atoms with van der Waals surface area (Å²) in [5.74, 6) is -1.65. The monoisotopic (exact) mass is 302 g/mol. The second-order valence-electron chi connectivity index (χ2n) is 4.49. The van der Waals surface area contributed by atoms with E-state index in [9.17, 15) is 19.8 Å². The van der Waals surface area contributed by atoms with Crippen LogP contribution in [0.5, 0.6) is 17.2 Å². The predicted molar refractivity (Wildman–Crippen MR) is 80.3 cm³/mol. The average molecular weight is 302 g/mol. The van der Waals surface area contributed by atoms with Gasteiger partial charge in [0.1, 0.15) is 22.7 Å². The van der Waals surface area contributed by atoms with E-state index >= 15 is 0 Å². The number of carboxylic acid groups (broad SMARTS) is 1. The molecular weight excluding hydrogens is 288 g/mol. The van der Waals surface area contributed by atoms with Gasteiger partial charge in [0, 0.05) is 12.6 Å². The number of carboxylic acids is 1. The minimum Gasteiger partial charge on any atom is -0.506 e. The van der Waals surface area contributed by atoms with Gasteiger partial charge in [-0.15, -0.1) is 0 Å². The van der Waals surface area contributed by atoms with Crippen LogP contribution in [0.15, 0.2) is 36.4 Å². The van der Waals surface area contributed by atoms with Crippen molar-refractivity contribution in [3.05, 3.63) is 42.0 Å². The number of carbonyl (C=O) groups excluding carboxylic acids is 1. The summed E-state index contributed by atoms with van der Waals surface area (Å²) in [6, 6.07) is 8.53. The van der Waals surface area contributed by atoms with Crippen LogP contribution in [0.25, 0.3) is 0 Å². The molecule has 0 aliphatic rings. The van der Waals surface area contributed by atoms with Crippen molar-refractivity contribution in [2.45, 2.75) is 6.92 Å². The Hall–Kier alpha value is -3.22. The van der Waals surface area contributed by atoms with Crippen LogP contribution in [0, 0.1) is 0 Å². The van der Waals surface area contributed by atoms with E-state index in [2.05, 4.69) is 5.32 Å². The number of anilines is 2. The van der Waals surface area contributed by atoms with Crippen molar-refractivity contribution in [1.82, 2.24) is 0 Å². The standard InChI is InChI=1S/C15H14N2O5/c1-8(18)17-14-11(19)3-2-4-13(14)22-12-6-5-9(16)7-10(12)15(20)21/h2-7,19H,16H2,1H3,(H,17,18)(H,20,21). The number of ether oxygens (including phenoxy) is 1. The lowest BCUT2D eigenvalue weighted by molar-refractivity contribution is -0.114. The molecule has 1 amide bonds. The lowest BCUT2D eigenvalue weighted by atomic mass is 10.1. The van der Waals surface area contributed by atoms with E-state index in [1.807, 2.05) is 0 Å². The third-order valence-electron chi connectivity index (χ3n) is 2.76. The highest BCUT2D eigenvalue weighted by Gasteiger charge is 2.16. The Morgan fingerprint density at radius 2 is 1.91 bits per heavy atom. The van der Waals surface area contributed by atoms with Crippen LogP contribution in [0.1, 0.15) is 17.3 Å². The maximum Gasteiger partial charge on any atom is 0.339 e. The van der Waals surface area contributed by atoms with Gasteiger partial charge in [0.25, 0.3) is 0 Å². The van der Waals surface area contributed by atoms with Gasteiger partial charge in [-0.1, -0.05) is 6.07 Å². The molecule has 2 rings (SSSR count). The summed E-state index contributed by atoms with van der Waals surface area (Å²) >= 11 is 0. The van der Waals surface area contributed by atoms with Crippen LogP contribution in [-0.4, -0.2) is 22.1 Å². The lowest BCUT2D eigenvalue weighted by Crippen LogP contribution is -2.08. The van der Waals surface area contributed by atoms with Gasteiger partial charge in [-0.2, -0.15) is 0 Å². The summed E-state index contributed by atoms with van der Waals surface area (Å²) in [6.45, 7) is 1.28. The Balaban J connectivity index is 2.46. The SMILES string of the molecule is CC(=O)Nc1c(O)cccc1Oc1ccc(N)cc1C(=O)O. The van der Waals surface area contributed by atoms with Gasteiger partial charge in [0.15, 0.2) is 5.75 Å². The Morgan fingerprint density at radius 1 is 1.18 bits per heavy atom. The Kier molecular flexibility index (Phi) is 4.17. The third kappa shape index (κ3) is 3.26. The molecule has 0 aromatic heterocycles. The van der Waals surface area contributed by atoms with E-state index in [0.717, 1.165) is 0 Å². The number of phenolic OH excluding ortho intramolecular Hbond substituents is 1. The van der Waals surface area contributed by atoms with Gasteiger partial charge >= 0.3 is 5.97 Å². The summed E-state index contributed by atoms with van der Waals surface area (Å²) < 4.78 is 5.53. The molecule has 0 unspecified atom stereocenters.